The summed E-state index contributed by atoms with van der Waals surface area (Å²) in [4.78, 5) is 30.3. The van der Waals surface area contributed by atoms with Gasteiger partial charge in [0, 0.05) is 35.4 Å². The highest BCUT2D eigenvalue weighted by Crippen LogP contribution is 2.43. The van der Waals surface area contributed by atoms with Crippen molar-refractivity contribution in [3.63, 3.8) is 0 Å². The van der Waals surface area contributed by atoms with Crippen LogP contribution in [-0.2, 0) is 17.3 Å². The number of benzene rings is 2. The number of amides is 1. The molecular weight excluding hydrogens is 461 g/mol. The molecule has 0 radical (unpaired) electrons. The van der Waals surface area contributed by atoms with Crippen LogP contribution in [0.25, 0.3) is 10.9 Å². The quantitative estimate of drug-likeness (QED) is 0.446. The number of hydrogen-bond donors (Lipinski definition) is 1. The summed E-state index contributed by atoms with van der Waals surface area (Å²) >= 11 is 12.5. The summed E-state index contributed by atoms with van der Waals surface area (Å²) in [5, 5.41) is 2.74. The smallest absolute Gasteiger partial charge is 0.261 e. The van der Waals surface area contributed by atoms with Gasteiger partial charge in [-0.25, -0.2) is 13.8 Å². The molecule has 166 valence electrons. The van der Waals surface area contributed by atoms with Crippen LogP contribution < -0.4 is 10.9 Å². The summed E-state index contributed by atoms with van der Waals surface area (Å²) in [5.74, 6) is -2.00. The number of carbonyl (C=O) groups excluding carboxylic acids is 1. The number of rotatable bonds is 4. The van der Waals surface area contributed by atoms with Crippen LogP contribution >= 0.6 is 23.2 Å². The highest BCUT2D eigenvalue weighted by atomic mass is 35.5. The normalized spacial score (nSPS) is 20.0. The Kier molecular flexibility index (Phi) is 4.75. The van der Waals surface area contributed by atoms with E-state index in [1.165, 1.54) is 17.0 Å². The first-order chi connectivity index (χ1) is 16.4. The lowest BCUT2D eigenvalue weighted by molar-refractivity contribution is -0.125. The predicted molar refractivity (Wildman–Crippen MR) is 120 cm³/mol. The van der Waals surface area contributed by atoms with Crippen molar-refractivity contribution in [1.82, 2.24) is 14.5 Å². The molecule has 1 fully saturated rings. The van der Waals surface area contributed by atoms with Gasteiger partial charge in [0.05, 0.1) is 27.3 Å². The van der Waals surface area contributed by atoms with E-state index in [0.717, 1.165) is 24.5 Å². The second-order valence-corrected chi connectivity index (χ2v) is 8.20. The molecular formula is C22H18Cl2F2N4O2. The van der Waals surface area contributed by atoms with Crippen LogP contribution in [0.4, 0.5) is 14.5 Å². The van der Waals surface area contributed by atoms with Crippen LogP contribution in [0, 0.1) is 11.6 Å². The lowest BCUT2D eigenvalue weighted by Crippen LogP contribution is -2.41. The van der Waals surface area contributed by atoms with Crippen LogP contribution in [-0.4, -0.2) is 33.4 Å². The van der Waals surface area contributed by atoms with Gasteiger partial charge in [-0.3, -0.25) is 9.59 Å². The molecule has 2 heterocycles. The number of nitrogens with one attached hydrogen (secondary N) is 1. The molecule has 1 atom stereocenters. The maximum absolute atomic E-state index is 15.1. The minimum atomic E-state index is -2.83. The van der Waals surface area contributed by atoms with Crippen molar-refractivity contribution >= 4 is 45.7 Å². The van der Waals surface area contributed by atoms with E-state index in [9.17, 15) is 14.0 Å². The number of fused-ring (bicyclic) bond motifs is 1. The summed E-state index contributed by atoms with van der Waals surface area (Å²) in [5.41, 5.74) is -2.65. The van der Waals surface area contributed by atoms with Gasteiger partial charge in [0.25, 0.3) is 5.56 Å². The largest absolute Gasteiger partial charge is 0.373 e. The summed E-state index contributed by atoms with van der Waals surface area (Å²) in [6.07, 6.45) is 2.03. The molecule has 4 rings (SSSR count). The molecule has 3 aromatic rings. The van der Waals surface area contributed by atoms with Crippen molar-refractivity contribution in [2.75, 3.05) is 18.4 Å². The van der Waals surface area contributed by atoms with E-state index in [4.69, 9.17) is 27.3 Å². The summed E-state index contributed by atoms with van der Waals surface area (Å²) in [7, 11) is 0. The van der Waals surface area contributed by atoms with Crippen LogP contribution in [0.2, 0.25) is 10.0 Å². The fourth-order valence-corrected chi connectivity index (χ4v) is 4.49. The van der Waals surface area contributed by atoms with Crippen molar-refractivity contribution in [2.24, 2.45) is 6.98 Å². The van der Waals surface area contributed by atoms with E-state index in [1.807, 2.05) is 0 Å². The molecule has 1 aromatic heterocycles. The topological polar surface area (TPSA) is 67.2 Å². The number of likely N-dealkylation sites (tertiary alicyclic amines) is 1. The summed E-state index contributed by atoms with van der Waals surface area (Å²) < 4.78 is 53.0. The van der Waals surface area contributed by atoms with Gasteiger partial charge in [-0.2, -0.15) is 0 Å². The van der Waals surface area contributed by atoms with Gasteiger partial charge in [-0.1, -0.05) is 29.8 Å². The van der Waals surface area contributed by atoms with E-state index in [1.54, 1.807) is 0 Å². The molecule has 2 aromatic carbocycles. The minimum absolute atomic E-state index is 0.0283. The molecule has 0 aliphatic carbocycles. The maximum atomic E-state index is 15.1. The summed E-state index contributed by atoms with van der Waals surface area (Å²) in [6.45, 7) is 0.774. The van der Waals surface area contributed by atoms with Gasteiger partial charge in [0.2, 0.25) is 5.91 Å². The second-order valence-electron chi connectivity index (χ2n) is 7.41. The van der Waals surface area contributed by atoms with Crippen LogP contribution in [0.5, 0.6) is 0 Å². The monoisotopic (exact) mass is 481 g/mol. The fourth-order valence-electron chi connectivity index (χ4n) is 4.00. The number of halogens is 4. The Labute approximate surface area is 196 Å². The third-order valence-electron chi connectivity index (χ3n) is 5.48. The Hall–Kier alpha value is -2.97. The van der Waals surface area contributed by atoms with Gasteiger partial charge in [0.15, 0.2) is 5.82 Å². The van der Waals surface area contributed by atoms with Crippen molar-refractivity contribution < 1.29 is 17.7 Å². The number of hydrogen-bond acceptors (Lipinski definition) is 4. The highest BCUT2D eigenvalue weighted by molar-refractivity contribution is 6.42. The Bertz CT molecular complexity index is 1430. The summed E-state index contributed by atoms with van der Waals surface area (Å²) in [6, 6.07) is 4.69. The van der Waals surface area contributed by atoms with Crippen LogP contribution in [0.1, 0.15) is 16.1 Å². The fraction of sp³-hybridized carbons (Fsp3) is 0.227. The standard InChI is InChI=1S/C22H18Cl2F2N4O2/c1-3-17(31)30-7-6-22(10-30,18-15(25)5-4-14(23)19(18)24)28-12-8-13-20(16(26)9-12)27-11-29(2)21(13)32/h3-5,8-9,11,28H,1,6-7,10H2,2H3/i2D3. The van der Waals surface area contributed by atoms with Gasteiger partial charge in [-0.15, -0.1) is 0 Å². The van der Waals surface area contributed by atoms with Crippen molar-refractivity contribution in [2.45, 2.75) is 12.0 Å². The van der Waals surface area contributed by atoms with E-state index in [0.29, 0.717) is 4.57 Å². The molecule has 32 heavy (non-hydrogen) atoms. The molecule has 1 aliphatic heterocycles. The van der Waals surface area contributed by atoms with Crippen molar-refractivity contribution in [1.29, 1.82) is 0 Å². The highest BCUT2D eigenvalue weighted by Gasteiger charge is 2.44. The number of carbonyl (C=O) groups is 1. The third-order valence-corrected chi connectivity index (χ3v) is 6.28. The first kappa shape index (κ1) is 18.6. The Morgan fingerprint density at radius 3 is 2.84 bits per heavy atom. The first-order valence-electron chi connectivity index (χ1n) is 10.9. The number of anilines is 1. The Balaban J connectivity index is 1.90. The Morgan fingerprint density at radius 1 is 1.34 bits per heavy atom. The molecule has 1 amide bonds. The second kappa shape index (κ2) is 8.18. The average Bonchev–Trinajstić information content (AvgIpc) is 3.20. The first-order valence-corrected chi connectivity index (χ1v) is 10.2. The number of nitrogens with zero attached hydrogens (tertiary/aromatic N) is 3. The molecule has 6 nitrogen and oxygen atoms in total. The number of aromatic nitrogens is 2. The predicted octanol–water partition coefficient (Wildman–Crippen LogP) is 4.24. The van der Waals surface area contributed by atoms with Crippen molar-refractivity contribution in [3.8, 4) is 0 Å². The lowest BCUT2D eigenvalue weighted by Gasteiger charge is -2.33. The van der Waals surface area contributed by atoms with E-state index >= 15 is 4.39 Å². The molecule has 1 N–H and O–H groups in total. The molecule has 1 unspecified atom stereocenters. The molecule has 10 heteroatoms. The molecule has 0 spiro atoms. The zero-order chi connectivity index (χ0) is 25.7. The van der Waals surface area contributed by atoms with E-state index < -0.39 is 35.6 Å². The minimum Gasteiger partial charge on any atom is -0.373 e. The maximum Gasteiger partial charge on any atom is 0.261 e. The number of aryl methyl sites for hydroxylation is 1. The third kappa shape index (κ3) is 3.63. The van der Waals surface area contributed by atoms with Gasteiger partial charge in [0.1, 0.15) is 11.3 Å². The zero-order valence-corrected chi connectivity index (χ0v) is 18.0. The van der Waals surface area contributed by atoms with Gasteiger partial charge < -0.3 is 14.8 Å². The van der Waals surface area contributed by atoms with Crippen LogP contribution in [0.3, 0.4) is 0 Å². The molecule has 1 aliphatic rings. The Morgan fingerprint density at radius 2 is 2.12 bits per heavy atom. The lowest BCUT2D eigenvalue weighted by atomic mass is 9.87. The molecule has 0 bridgehead atoms. The molecule has 0 saturated carbocycles. The van der Waals surface area contributed by atoms with Gasteiger partial charge in [-0.05, 0) is 36.8 Å². The zero-order valence-electron chi connectivity index (χ0n) is 19.5. The van der Waals surface area contributed by atoms with Crippen LogP contribution in [0.15, 0.2) is 48.0 Å². The van der Waals surface area contributed by atoms with E-state index in [2.05, 4.69) is 16.9 Å². The SMILES string of the molecule is [2H]C([2H])([2H])n1cnc2c(F)cc(NC3(c4c(F)ccc(Cl)c4Cl)CCN(C(=O)C=C)C3)cc2c1=O. The van der Waals surface area contributed by atoms with Gasteiger partial charge >= 0.3 is 0 Å². The molecule has 1 saturated heterocycles. The van der Waals surface area contributed by atoms with Crippen molar-refractivity contribution in [3.05, 3.63) is 80.8 Å². The average molecular weight is 482 g/mol. The van der Waals surface area contributed by atoms with E-state index in [-0.39, 0.29) is 51.7 Å².